The van der Waals surface area contributed by atoms with Crippen molar-refractivity contribution in [2.24, 2.45) is 5.73 Å². The first-order valence-corrected chi connectivity index (χ1v) is 6.49. The van der Waals surface area contributed by atoms with E-state index in [9.17, 15) is 9.59 Å². The van der Waals surface area contributed by atoms with Crippen molar-refractivity contribution in [3.8, 4) is 0 Å². The van der Waals surface area contributed by atoms with Crippen molar-refractivity contribution < 1.29 is 14.7 Å². The number of anilines is 1. The van der Waals surface area contributed by atoms with Crippen LogP contribution in [0.1, 0.15) is 21.5 Å². The second kappa shape index (κ2) is 6.67. The third-order valence-corrected chi connectivity index (χ3v) is 3.02. The SMILES string of the molecule is NCc1cccc(C(=O)c2ccc(NCC(=O)O)cc2)c1. The molecule has 0 atom stereocenters. The third-order valence-electron chi connectivity index (χ3n) is 3.02. The maximum Gasteiger partial charge on any atom is 0.322 e. The van der Waals surface area contributed by atoms with E-state index in [2.05, 4.69) is 5.32 Å². The van der Waals surface area contributed by atoms with Crippen LogP contribution in [-0.2, 0) is 11.3 Å². The van der Waals surface area contributed by atoms with E-state index in [4.69, 9.17) is 10.8 Å². The molecule has 0 amide bonds. The molecule has 0 bridgehead atoms. The number of hydrogen-bond acceptors (Lipinski definition) is 4. The maximum absolute atomic E-state index is 12.3. The number of nitrogens with two attached hydrogens (primary N) is 1. The summed E-state index contributed by atoms with van der Waals surface area (Å²) in [6.07, 6.45) is 0. The lowest BCUT2D eigenvalue weighted by Crippen LogP contribution is -2.12. The maximum atomic E-state index is 12.3. The Kier molecular flexibility index (Phi) is 4.68. The van der Waals surface area contributed by atoms with Gasteiger partial charge in [0.1, 0.15) is 6.54 Å². The summed E-state index contributed by atoms with van der Waals surface area (Å²) in [4.78, 5) is 22.8. The molecule has 5 nitrogen and oxygen atoms in total. The minimum absolute atomic E-state index is 0.0879. The van der Waals surface area contributed by atoms with Gasteiger partial charge < -0.3 is 16.2 Å². The van der Waals surface area contributed by atoms with E-state index in [1.807, 2.05) is 6.07 Å². The predicted molar refractivity (Wildman–Crippen MR) is 80.3 cm³/mol. The van der Waals surface area contributed by atoms with Gasteiger partial charge in [-0.25, -0.2) is 0 Å². The first-order valence-electron chi connectivity index (χ1n) is 6.49. The summed E-state index contributed by atoms with van der Waals surface area (Å²) >= 11 is 0. The van der Waals surface area contributed by atoms with Crippen LogP contribution in [0.15, 0.2) is 48.5 Å². The minimum Gasteiger partial charge on any atom is -0.480 e. The fourth-order valence-corrected chi connectivity index (χ4v) is 1.92. The summed E-state index contributed by atoms with van der Waals surface area (Å²) in [5, 5.41) is 11.3. The number of aliphatic carboxylic acids is 1. The zero-order valence-electron chi connectivity index (χ0n) is 11.4. The molecule has 0 aromatic heterocycles. The van der Waals surface area contributed by atoms with Crippen LogP contribution in [0, 0.1) is 0 Å². The molecule has 2 aromatic carbocycles. The highest BCUT2D eigenvalue weighted by atomic mass is 16.4. The standard InChI is InChI=1S/C16H16N2O3/c17-9-11-2-1-3-13(8-11)16(21)12-4-6-14(7-5-12)18-10-15(19)20/h1-8,18H,9-10,17H2,(H,19,20). The molecule has 108 valence electrons. The van der Waals surface area contributed by atoms with Crippen molar-refractivity contribution in [2.45, 2.75) is 6.54 Å². The van der Waals surface area contributed by atoms with Crippen molar-refractivity contribution >= 4 is 17.4 Å². The Morgan fingerprint density at radius 3 is 2.38 bits per heavy atom. The topological polar surface area (TPSA) is 92.4 Å². The van der Waals surface area contributed by atoms with Gasteiger partial charge in [0, 0.05) is 23.4 Å². The molecular weight excluding hydrogens is 268 g/mol. The minimum atomic E-state index is -0.936. The fourth-order valence-electron chi connectivity index (χ4n) is 1.92. The van der Waals surface area contributed by atoms with Gasteiger partial charge in [-0.2, -0.15) is 0 Å². The number of ketones is 1. The van der Waals surface area contributed by atoms with E-state index in [-0.39, 0.29) is 12.3 Å². The number of carboxylic acid groups (broad SMARTS) is 1. The van der Waals surface area contributed by atoms with Gasteiger partial charge in [-0.3, -0.25) is 9.59 Å². The van der Waals surface area contributed by atoms with Gasteiger partial charge in [-0.05, 0) is 35.9 Å². The van der Waals surface area contributed by atoms with Crippen LogP contribution in [0.2, 0.25) is 0 Å². The fraction of sp³-hybridized carbons (Fsp3) is 0.125. The molecule has 4 N–H and O–H groups in total. The molecule has 0 heterocycles. The van der Waals surface area contributed by atoms with Crippen LogP contribution in [-0.4, -0.2) is 23.4 Å². The summed E-state index contributed by atoms with van der Waals surface area (Å²) in [5.41, 5.74) is 8.26. The van der Waals surface area contributed by atoms with E-state index in [0.717, 1.165) is 5.56 Å². The number of benzene rings is 2. The lowest BCUT2D eigenvalue weighted by molar-refractivity contribution is -0.134. The van der Waals surface area contributed by atoms with Crippen LogP contribution >= 0.6 is 0 Å². The Morgan fingerprint density at radius 1 is 1.05 bits per heavy atom. The lowest BCUT2D eigenvalue weighted by Gasteiger charge is -2.06. The Labute approximate surface area is 122 Å². The van der Waals surface area contributed by atoms with Crippen molar-refractivity contribution in [1.29, 1.82) is 0 Å². The molecule has 0 aliphatic rings. The first kappa shape index (κ1) is 14.7. The number of hydrogen-bond donors (Lipinski definition) is 3. The first-order chi connectivity index (χ1) is 10.1. The van der Waals surface area contributed by atoms with Crippen LogP contribution in [0.5, 0.6) is 0 Å². The van der Waals surface area contributed by atoms with Crippen LogP contribution in [0.25, 0.3) is 0 Å². The van der Waals surface area contributed by atoms with Gasteiger partial charge in [0.2, 0.25) is 0 Å². The van der Waals surface area contributed by atoms with Crippen LogP contribution in [0.4, 0.5) is 5.69 Å². The van der Waals surface area contributed by atoms with Crippen LogP contribution in [0.3, 0.4) is 0 Å². The number of carbonyl (C=O) groups excluding carboxylic acids is 1. The second-order valence-electron chi connectivity index (χ2n) is 4.56. The predicted octanol–water partition coefficient (Wildman–Crippen LogP) is 1.87. The molecule has 21 heavy (non-hydrogen) atoms. The van der Waals surface area contributed by atoms with E-state index >= 15 is 0 Å². The summed E-state index contributed by atoms with van der Waals surface area (Å²) in [6.45, 7) is 0.227. The Hall–Kier alpha value is -2.66. The monoisotopic (exact) mass is 284 g/mol. The van der Waals surface area contributed by atoms with Gasteiger partial charge >= 0.3 is 5.97 Å². The number of carboxylic acids is 1. The third kappa shape index (κ3) is 3.90. The van der Waals surface area contributed by atoms with Crippen LogP contribution < -0.4 is 11.1 Å². The Morgan fingerprint density at radius 2 is 1.76 bits per heavy atom. The summed E-state index contributed by atoms with van der Waals surface area (Å²) in [7, 11) is 0. The average molecular weight is 284 g/mol. The molecule has 0 saturated heterocycles. The number of rotatable bonds is 6. The molecule has 0 aliphatic carbocycles. The molecule has 0 saturated carbocycles. The zero-order valence-corrected chi connectivity index (χ0v) is 11.4. The highest BCUT2D eigenvalue weighted by Crippen LogP contribution is 2.14. The van der Waals surface area contributed by atoms with Gasteiger partial charge in [-0.15, -0.1) is 0 Å². The molecular formula is C16H16N2O3. The van der Waals surface area contributed by atoms with Crippen molar-refractivity contribution in [3.63, 3.8) is 0 Å². The van der Waals surface area contributed by atoms with E-state index in [1.54, 1.807) is 42.5 Å². The molecule has 5 heteroatoms. The second-order valence-corrected chi connectivity index (χ2v) is 4.56. The Bertz CT molecular complexity index is 651. The van der Waals surface area contributed by atoms with Gasteiger partial charge in [0.15, 0.2) is 5.78 Å². The Balaban J connectivity index is 2.14. The molecule has 0 aliphatic heterocycles. The molecule has 2 rings (SSSR count). The number of carbonyl (C=O) groups is 2. The van der Waals surface area contributed by atoms with Crippen molar-refractivity contribution in [3.05, 3.63) is 65.2 Å². The van der Waals surface area contributed by atoms with Crippen molar-refractivity contribution in [1.82, 2.24) is 0 Å². The summed E-state index contributed by atoms with van der Waals surface area (Å²) in [5.74, 6) is -1.02. The van der Waals surface area contributed by atoms with Gasteiger partial charge in [-0.1, -0.05) is 18.2 Å². The molecule has 2 aromatic rings. The molecule has 0 unspecified atom stereocenters. The smallest absolute Gasteiger partial charge is 0.322 e. The van der Waals surface area contributed by atoms with Gasteiger partial charge in [0.25, 0.3) is 0 Å². The van der Waals surface area contributed by atoms with E-state index < -0.39 is 5.97 Å². The molecule has 0 spiro atoms. The normalized spacial score (nSPS) is 10.1. The largest absolute Gasteiger partial charge is 0.480 e. The summed E-state index contributed by atoms with van der Waals surface area (Å²) < 4.78 is 0. The zero-order chi connectivity index (χ0) is 15.2. The molecule has 0 radical (unpaired) electrons. The number of nitrogens with one attached hydrogen (secondary N) is 1. The highest BCUT2D eigenvalue weighted by molar-refractivity contribution is 6.09. The van der Waals surface area contributed by atoms with Crippen molar-refractivity contribution in [2.75, 3.05) is 11.9 Å². The van der Waals surface area contributed by atoms with E-state index in [0.29, 0.717) is 23.4 Å². The quantitative estimate of drug-likeness (QED) is 0.704. The lowest BCUT2D eigenvalue weighted by atomic mass is 10.0. The summed E-state index contributed by atoms with van der Waals surface area (Å²) in [6, 6.07) is 13.9. The highest BCUT2D eigenvalue weighted by Gasteiger charge is 2.09. The van der Waals surface area contributed by atoms with E-state index in [1.165, 1.54) is 0 Å². The van der Waals surface area contributed by atoms with Gasteiger partial charge in [0.05, 0.1) is 0 Å². The molecule has 0 fully saturated rings. The average Bonchev–Trinajstić information content (AvgIpc) is 2.52.